The molecule has 0 radical (unpaired) electrons. The molecule has 0 spiro atoms. The number of nitrogens with zero attached hydrogens (tertiary/aromatic N) is 3. The van der Waals surface area contributed by atoms with Crippen LogP contribution in [0.1, 0.15) is 22.8 Å². The van der Waals surface area contributed by atoms with Crippen LogP contribution in [-0.4, -0.2) is 56.0 Å². The molecule has 1 heterocycles. The summed E-state index contributed by atoms with van der Waals surface area (Å²) in [7, 11) is 0. The van der Waals surface area contributed by atoms with Crippen molar-refractivity contribution in [2.45, 2.75) is 6.92 Å². The Balaban J connectivity index is 1.55. The van der Waals surface area contributed by atoms with Gasteiger partial charge in [-0.15, -0.1) is 0 Å². The Morgan fingerprint density at radius 1 is 1.13 bits per heavy atom. The van der Waals surface area contributed by atoms with Gasteiger partial charge in [-0.25, -0.2) is 4.39 Å². The van der Waals surface area contributed by atoms with Gasteiger partial charge >= 0.3 is 0 Å². The lowest BCUT2D eigenvalue weighted by Gasteiger charge is -2.36. The van der Waals surface area contributed by atoms with E-state index in [-0.39, 0.29) is 23.9 Å². The Bertz CT molecular complexity index is 965. The van der Waals surface area contributed by atoms with Crippen LogP contribution in [0.3, 0.4) is 0 Å². The molecule has 7 nitrogen and oxygen atoms in total. The summed E-state index contributed by atoms with van der Waals surface area (Å²) in [6, 6.07) is 13.3. The molecular formula is C22H23FN4O3. The van der Waals surface area contributed by atoms with Crippen LogP contribution in [0.4, 0.5) is 10.1 Å². The van der Waals surface area contributed by atoms with E-state index in [1.54, 1.807) is 41.3 Å². The number of carbonyl (C=O) groups excluding carboxylic acids is 2. The quantitative estimate of drug-likeness (QED) is 0.789. The summed E-state index contributed by atoms with van der Waals surface area (Å²) in [4.78, 5) is 28.5. The van der Waals surface area contributed by atoms with Crippen molar-refractivity contribution in [3.8, 4) is 11.8 Å². The van der Waals surface area contributed by atoms with Gasteiger partial charge in [-0.1, -0.05) is 18.2 Å². The fourth-order valence-corrected chi connectivity index (χ4v) is 3.38. The first kappa shape index (κ1) is 21.1. The van der Waals surface area contributed by atoms with E-state index in [0.29, 0.717) is 49.8 Å². The van der Waals surface area contributed by atoms with Gasteiger partial charge in [0.1, 0.15) is 23.2 Å². The van der Waals surface area contributed by atoms with Gasteiger partial charge in [-0.3, -0.25) is 9.59 Å². The predicted octanol–water partition coefficient (Wildman–Crippen LogP) is 2.17. The van der Waals surface area contributed by atoms with Crippen LogP contribution in [0.25, 0.3) is 0 Å². The smallest absolute Gasteiger partial charge is 0.255 e. The lowest BCUT2D eigenvalue weighted by molar-refractivity contribution is -0.130. The number of hydrogen-bond acceptors (Lipinski definition) is 5. The summed E-state index contributed by atoms with van der Waals surface area (Å²) in [5, 5.41) is 11.9. The molecule has 2 aromatic rings. The Morgan fingerprint density at radius 3 is 2.57 bits per heavy atom. The molecule has 156 valence electrons. The highest BCUT2D eigenvalue weighted by atomic mass is 19.1. The van der Waals surface area contributed by atoms with Gasteiger partial charge in [-0.05, 0) is 31.2 Å². The molecule has 0 atom stereocenters. The van der Waals surface area contributed by atoms with Crippen LogP contribution in [0.2, 0.25) is 0 Å². The number of anilines is 1. The third-order valence-electron chi connectivity index (χ3n) is 4.91. The van der Waals surface area contributed by atoms with Gasteiger partial charge in [0.05, 0.1) is 24.4 Å². The normalized spacial score (nSPS) is 13.5. The van der Waals surface area contributed by atoms with E-state index in [9.17, 15) is 19.2 Å². The highest BCUT2D eigenvalue weighted by Crippen LogP contribution is 2.23. The van der Waals surface area contributed by atoms with E-state index < -0.39 is 5.82 Å². The first-order chi connectivity index (χ1) is 14.5. The van der Waals surface area contributed by atoms with Crippen LogP contribution in [0.5, 0.6) is 5.75 Å². The molecule has 0 bridgehead atoms. The molecule has 30 heavy (non-hydrogen) atoms. The topological polar surface area (TPSA) is 85.7 Å². The summed E-state index contributed by atoms with van der Waals surface area (Å²) < 4.78 is 19.3. The standard InChI is InChI=1S/C22H23FN4O3/c1-2-30-20-9-4-3-6-16(20)22(29)25-15-21(28)27-12-10-26(11-13-27)19-8-5-7-18(23)17(19)14-24/h3-9H,2,10-13,15H2,1H3,(H,25,29). The second-order valence-corrected chi connectivity index (χ2v) is 6.73. The van der Waals surface area contributed by atoms with Crippen LogP contribution >= 0.6 is 0 Å². The predicted molar refractivity (Wildman–Crippen MR) is 110 cm³/mol. The number of piperazine rings is 1. The number of carbonyl (C=O) groups is 2. The van der Waals surface area contributed by atoms with Crippen molar-refractivity contribution in [1.29, 1.82) is 5.26 Å². The second-order valence-electron chi connectivity index (χ2n) is 6.73. The Kier molecular flexibility index (Phi) is 6.86. The average Bonchev–Trinajstić information content (AvgIpc) is 2.77. The summed E-state index contributed by atoms with van der Waals surface area (Å²) >= 11 is 0. The van der Waals surface area contributed by atoms with Crippen molar-refractivity contribution >= 4 is 17.5 Å². The third-order valence-corrected chi connectivity index (χ3v) is 4.91. The molecule has 0 aliphatic carbocycles. The van der Waals surface area contributed by atoms with E-state index in [0.717, 1.165) is 0 Å². The van der Waals surface area contributed by atoms with E-state index >= 15 is 0 Å². The molecule has 2 amide bonds. The van der Waals surface area contributed by atoms with Crippen molar-refractivity contribution < 1.29 is 18.7 Å². The molecule has 0 aromatic heterocycles. The lowest BCUT2D eigenvalue weighted by atomic mass is 10.1. The summed E-state index contributed by atoms with van der Waals surface area (Å²) in [6.07, 6.45) is 0. The molecule has 1 saturated heterocycles. The minimum atomic E-state index is -0.552. The Morgan fingerprint density at radius 2 is 1.87 bits per heavy atom. The van der Waals surface area contributed by atoms with Crippen LogP contribution in [0.15, 0.2) is 42.5 Å². The minimum absolute atomic E-state index is 0.0116. The highest BCUT2D eigenvalue weighted by Gasteiger charge is 2.24. The maximum atomic E-state index is 13.8. The van der Waals surface area contributed by atoms with Gasteiger partial charge in [0.25, 0.3) is 5.91 Å². The maximum absolute atomic E-state index is 13.8. The molecule has 1 aliphatic rings. The van der Waals surface area contributed by atoms with Gasteiger partial charge in [-0.2, -0.15) is 5.26 Å². The number of hydrogen-bond donors (Lipinski definition) is 1. The Labute approximate surface area is 174 Å². The average molecular weight is 410 g/mol. The molecule has 2 aromatic carbocycles. The van der Waals surface area contributed by atoms with Crippen LogP contribution in [0, 0.1) is 17.1 Å². The van der Waals surface area contributed by atoms with Crippen molar-refractivity contribution in [2.24, 2.45) is 0 Å². The number of para-hydroxylation sites is 1. The zero-order valence-corrected chi connectivity index (χ0v) is 16.7. The SMILES string of the molecule is CCOc1ccccc1C(=O)NCC(=O)N1CCN(c2cccc(F)c2C#N)CC1. The molecule has 3 rings (SSSR count). The van der Waals surface area contributed by atoms with E-state index in [1.807, 2.05) is 17.9 Å². The number of nitrogens with one attached hydrogen (secondary N) is 1. The van der Waals surface area contributed by atoms with Gasteiger partial charge in [0.2, 0.25) is 5.91 Å². The number of rotatable bonds is 6. The number of benzene rings is 2. The Hall–Kier alpha value is -3.60. The molecule has 8 heteroatoms. The lowest BCUT2D eigenvalue weighted by Crippen LogP contribution is -2.51. The first-order valence-corrected chi connectivity index (χ1v) is 9.76. The number of nitriles is 1. The van der Waals surface area contributed by atoms with Crippen molar-refractivity contribution in [1.82, 2.24) is 10.2 Å². The zero-order chi connectivity index (χ0) is 21.5. The number of ether oxygens (including phenoxy) is 1. The number of halogens is 1. The summed E-state index contributed by atoms with van der Waals surface area (Å²) in [5.74, 6) is -0.647. The molecule has 1 N–H and O–H groups in total. The molecule has 1 aliphatic heterocycles. The molecule has 0 unspecified atom stereocenters. The van der Waals surface area contributed by atoms with E-state index in [4.69, 9.17) is 4.74 Å². The largest absolute Gasteiger partial charge is 0.493 e. The summed E-state index contributed by atoms with van der Waals surface area (Å²) in [6.45, 7) is 3.95. The summed E-state index contributed by atoms with van der Waals surface area (Å²) in [5.41, 5.74) is 0.926. The van der Waals surface area contributed by atoms with Crippen LogP contribution < -0.4 is 15.0 Å². The van der Waals surface area contributed by atoms with Gasteiger partial charge in [0, 0.05) is 26.2 Å². The zero-order valence-electron chi connectivity index (χ0n) is 16.7. The van der Waals surface area contributed by atoms with Crippen LogP contribution in [-0.2, 0) is 4.79 Å². The fraction of sp³-hybridized carbons (Fsp3) is 0.318. The monoisotopic (exact) mass is 410 g/mol. The number of amides is 2. The first-order valence-electron chi connectivity index (χ1n) is 9.76. The molecule has 0 saturated carbocycles. The van der Waals surface area contributed by atoms with Crippen molar-refractivity contribution in [2.75, 3.05) is 44.2 Å². The molecule has 1 fully saturated rings. The van der Waals surface area contributed by atoms with Crippen molar-refractivity contribution in [3.05, 3.63) is 59.4 Å². The second kappa shape index (κ2) is 9.74. The van der Waals surface area contributed by atoms with E-state index in [2.05, 4.69) is 5.32 Å². The highest BCUT2D eigenvalue weighted by molar-refractivity contribution is 5.98. The van der Waals surface area contributed by atoms with E-state index in [1.165, 1.54) is 6.07 Å². The van der Waals surface area contributed by atoms with Gasteiger partial charge in [0.15, 0.2) is 0 Å². The fourth-order valence-electron chi connectivity index (χ4n) is 3.38. The third kappa shape index (κ3) is 4.69. The molecular weight excluding hydrogens is 387 g/mol. The van der Waals surface area contributed by atoms with Crippen molar-refractivity contribution in [3.63, 3.8) is 0 Å². The minimum Gasteiger partial charge on any atom is -0.493 e. The maximum Gasteiger partial charge on any atom is 0.255 e. The van der Waals surface area contributed by atoms with Gasteiger partial charge < -0.3 is 19.9 Å².